The first-order chi connectivity index (χ1) is 12.6. The summed E-state index contributed by atoms with van der Waals surface area (Å²) in [4.78, 5) is 14.9. The van der Waals surface area contributed by atoms with Crippen LogP contribution in [0.15, 0.2) is 60.7 Å². The van der Waals surface area contributed by atoms with Gasteiger partial charge < -0.3 is 15.0 Å². The third-order valence-electron chi connectivity index (χ3n) is 5.80. The van der Waals surface area contributed by atoms with Crippen molar-refractivity contribution in [3.8, 4) is 0 Å². The number of urea groups is 1. The minimum atomic E-state index is -0.0319. The van der Waals surface area contributed by atoms with Gasteiger partial charge in [-0.25, -0.2) is 4.79 Å². The predicted octanol–water partition coefficient (Wildman–Crippen LogP) is 3.65. The van der Waals surface area contributed by atoms with Crippen LogP contribution < -0.4 is 5.32 Å². The molecule has 0 radical (unpaired) electrons. The number of hydrogen-bond acceptors (Lipinski definition) is 2. The Labute approximate surface area is 155 Å². The summed E-state index contributed by atoms with van der Waals surface area (Å²) in [6.45, 7) is 5.32. The lowest BCUT2D eigenvalue weighted by Crippen LogP contribution is -2.42. The third-order valence-corrected chi connectivity index (χ3v) is 5.80. The van der Waals surface area contributed by atoms with Gasteiger partial charge in [-0.3, -0.25) is 0 Å². The molecule has 2 saturated heterocycles. The molecule has 136 valence electrons. The van der Waals surface area contributed by atoms with Crippen molar-refractivity contribution in [1.29, 1.82) is 0 Å². The first kappa shape index (κ1) is 17.1. The molecule has 0 spiro atoms. The molecular formula is C22H26N2O2. The van der Waals surface area contributed by atoms with Crippen molar-refractivity contribution < 1.29 is 9.53 Å². The summed E-state index contributed by atoms with van der Waals surface area (Å²) >= 11 is 0. The van der Waals surface area contributed by atoms with E-state index in [-0.39, 0.29) is 17.5 Å². The molecule has 1 N–H and O–H groups in total. The van der Waals surface area contributed by atoms with Gasteiger partial charge in [0.1, 0.15) is 0 Å². The second-order valence-electron chi connectivity index (χ2n) is 7.85. The van der Waals surface area contributed by atoms with E-state index < -0.39 is 0 Å². The van der Waals surface area contributed by atoms with E-state index in [1.54, 1.807) is 0 Å². The highest BCUT2D eigenvalue weighted by Crippen LogP contribution is 2.40. The summed E-state index contributed by atoms with van der Waals surface area (Å²) in [6, 6.07) is 20.6. The molecule has 3 unspecified atom stereocenters. The molecule has 2 amide bonds. The van der Waals surface area contributed by atoms with E-state index in [2.05, 4.69) is 36.5 Å². The molecule has 3 atom stereocenters. The number of likely N-dealkylation sites (tertiary alicyclic amines) is 1. The Bertz CT molecular complexity index is 749. The maximum absolute atomic E-state index is 13.0. The molecule has 4 rings (SSSR count). The number of hydrogen-bond donors (Lipinski definition) is 1. The smallest absolute Gasteiger partial charge is 0.317 e. The lowest BCUT2D eigenvalue weighted by atomic mass is 9.83. The normalized spacial score (nSPS) is 25.7. The summed E-state index contributed by atoms with van der Waals surface area (Å²) in [6.07, 6.45) is 0.786. The fourth-order valence-corrected chi connectivity index (χ4v) is 4.15. The van der Waals surface area contributed by atoms with Crippen molar-refractivity contribution in [2.45, 2.75) is 19.4 Å². The topological polar surface area (TPSA) is 41.6 Å². The number of benzene rings is 2. The number of fused-ring (bicyclic) bond motifs is 1. The molecule has 2 heterocycles. The lowest BCUT2D eigenvalue weighted by Gasteiger charge is -2.25. The van der Waals surface area contributed by atoms with Crippen molar-refractivity contribution in [3.63, 3.8) is 0 Å². The molecule has 0 saturated carbocycles. The van der Waals surface area contributed by atoms with Gasteiger partial charge in [-0.1, -0.05) is 67.6 Å². The first-order valence-electron chi connectivity index (χ1n) is 9.36. The fraction of sp³-hybridized carbons (Fsp3) is 0.409. The monoisotopic (exact) mass is 350 g/mol. The van der Waals surface area contributed by atoms with E-state index in [1.807, 2.05) is 41.3 Å². The van der Waals surface area contributed by atoms with Gasteiger partial charge in [0.15, 0.2) is 0 Å². The molecule has 26 heavy (non-hydrogen) atoms. The van der Waals surface area contributed by atoms with Gasteiger partial charge in [0, 0.05) is 24.4 Å². The van der Waals surface area contributed by atoms with Crippen molar-refractivity contribution in [2.75, 3.05) is 26.3 Å². The third kappa shape index (κ3) is 3.47. The SMILES string of the molecule is CC12COCC1CN(C(=O)NC(Cc1ccccc1)c1ccccc1)C2. The van der Waals surface area contributed by atoms with Gasteiger partial charge in [0.25, 0.3) is 0 Å². The quantitative estimate of drug-likeness (QED) is 0.914. The maximum Gasteiger partial charge on any atom is 0.317 e. The Morgan fingerprint density at radius 2 is 1.88 bits per heavy atom. The highest BCUT2D eigenvalue weighted by atomic mass is 16.5. The zero-order valence-corrected chi connectivity index (χ0v) is 15.2. The Morgan fingerprint density at radius 3 is 2.58 bits per heavy atom. The van der Waals surface area contributed by atoms with Crippen LogP contribution in [0.3, 0.4) is 0 Å². The van der Waals surface area contributed by atoms with Crippen LogP contribution in [0.1, 0.15) is 24.1 Å². The molecule has 2 aromatic rings. The van der Waals surface area contributed by atoms with E-state index in [9.17, 15) is 4.79 Å². The van der Waals surface area contributed by atoms with Gasteiger partial charge in [-0.2, -0.15) is 0 Å². The zero-order valence-electron chi connectivity index (χ0n) is 15.2. The number of carbonyl (C=O) groups is 1. The Hall–Kier alpha value is -2.33. The predicted molar refractivity (Wildman–Crippen MR) is 102 cm³/mol. The highest BCUT2D eigenvalue weighted by molar-refractivity contribution is 5.75. The van der Waals surface area contributed by atoms with E-state index in [0.29, 0.717) is 5.92 Å². The van der Waals surface area contributed by atoms with Crippen LogP contribution in [0.4, 0.5) is 4.79 Å². The summed E-state index contributed by atoms with van der Waals surface area (Å²) < 4.78 is 5.61. The van der Waals surface area contributed by atoms with Crippen LogP contribution in [0.2, 0.25) is 0 Å². The average molecular weight is 350 g/mol. The van der Waals surface area contributed by atoms with Crippen molar-refractivity contribution in [3.05, 3.63) is 71.8 Å². The summed E-state index contributed by atoms with van der Waals surface area (Å²) in [5.74, 6) is 0.456. The van der Waals surface area contributed by atoms with Crippen LogP contribution in [0.25, 0.3) is 0 Å². The molecule has 4 heteroatoms. The van der Waals surface area contributed by atoms with Crippen molar-refractivity contribution in [1.82, 2.24) is 10.2 Å². The van der Waals surface area contributed by atoms with E-state index in [4.69, 9.17) is 4.74 Å². The van der Waals surface area contributed by atoms with Crippen LogP contribution in [0, 0.1) is 11.3 Å². The summed E-state index contributed by atoms with van der Waals surface area (Å²) in [7, 11) is 0. The van der Waals surface area contributed by atoms with Crippen molar-refractivity contribution in [2.24, 2.45) is 11.3 Å². The molecule has 2 aliphatic heterocycles. The first-order valence-corrected chi connectivity index (χ1v) is 9.36. The van der Waals surface area contributed by atoms with E-state index >= 15 is 0 Å². The van der Waals surface area contributed by atoms with Gasteiger partial charge >= 0.3 is 6.03 Å². The molecule has 2 aromatic carbocycles. The number of ether oxygens (including phenoxy) is 1. The molecule has 0 aliphatic carbocycles. The molecule has 2 fully saturated rings. The number of rotatable bonds is 4. The van der Waals surface area contributed by atoms with Crippen LogP contribution in [0.5, 0.6) is 0 Å². The van der Waals surface area contributed by atoms with Crippen LogP contribution in [-0.4, -0.2) is 37.2 Å². The van der Waals surface area contributed by atoms with Gasteiger partial charge in [-0.05, 0) is 17.5 Å². The Morgan fingerprint density at radius 1 is 1.19 bits per heavy atom. The summed E-state index contributed by atoms with van der Waals surface area (Å²) in [5, 5.41) is 3.28. The average Bonchev–Trinajstić information content (AvgIpc) is 3.17. The largest absolute Gasteiger partial charge is 0.380 e. The van der Waals surface area contributed by atoms with E-state index in [1.165, 1.54) is 5.56 Å². The second-order valence-corrected chi connectivity index (χ2v) is 7.85. The molecule has 2 aliphatic rings. The number of nitrogens with zero attached hydrogens (tertiary/aromatic N) is 1. The molecule has 4 nitrogen and oxygen atoms in total. The van der Waals surface area contributed by atoms with Gasteiger partial charge in [0.2, 0.25) is 0 Å². The summed E-state index contributed by atoms with van der Waals surface area (Å²) in [5.41, 5.74) is 2.47. The molecule has 0 bridgehead atoms. The standard InChI is InChI=1S/C22H26N2O2/c1-22-15-24(13-19(22)14-26-16-22)21(25)23-20(18-10-6-3-7-11-18)12-17-8-4-2-5-9-17/h2-11,19-20H,12-16H2,1H3,(H,23,25). The second kappa shape index (κ2) is 7.12. The van der Waals surface area contributed by atoms with Crippen LogP contribution >= 0.6 is 0 Å². The Kier molecular flexibility index (Phi) is 4.68. The maximum atomic E-state index is 13.0. The van der Waals surface area contributed by atoms with E-state index in [0.717, 1.165) is 38.3 Å². The van der Waals surface area contributed by atoms with Gasteiger partial charge in [-0.15, -0.1) is 0 Å². The molecular weight excluding hydrogens is 324 g/mol. The lowest BCUT2D eigenvalue weighted by molar-refractivity contribution is 0.137. The fourth-order valence-electron chi connectivity index (χ4n) is 4.15. The molecule has 0 aromatic heterocycles. The zero-order chi connectivity index (χ0) is 18.0. The minimum absolute atomic E-state index is 0.0319. The minimum Gasteiger partial charge on any atom is -0.380 e. The number of nitrogens with one attached hydrogen (secondary N) is 1. The highest BCUT2D eigenvalue weighted by Gasteiger charge is 2.48. The van der Waals surface area contributed by atoms with Crippen molar-refractivity contribution >= 4 is 6.03 Å². The van der Waals surface area contributed by atoms with Gasteiger partial charge in [0.05, 0.1) is 19.3 Å². The Balaban J connectivity index is 1.49. The number of carbonyl (C=O) groups excluding carboxylic acids is 1. The number of amides is 2. The van der Waals surface area contributed by atoms with Crippen LogP contribution in [-0.2, 0) is 11.2 Å².